The Balaban J connectivity index is 1.64. The van der Waals surface area contributed by atoms with Crippen LogP contribution >= 0.6 is 11.6 Å². The van der Waals surface area contributed by atoms with Gasteiger partial charge in [-0.3, -0.25) is 4.79 Å². The smallest absolute Gasteiger partial charge is 0.266 e. The summed E-state index contributed by atoms with van der Waals surface area (Å²) in [5.74, 6) is -0.440. The number of nitrogens with one attached hydrogen (secondary N) is 1. The van der Waals surface area contributed by atoms with Crippen LogP contribution in [0.25, 0.3) is 22.5 Å². The molecule has 0 saturated carbocycles. The van der Waals surface area contributed by atoms with Gasteiger partial charge in [-0.25, -0.2) is 0 Å². The molecular formula is C26H20ClN3O. The first kappa shape index (κ1) is 20.5. The van der Waals surface area contributed by atoms with Gasteiger partial charge in [0.15, 0.2) is 0 Å². The minimum Gasteiger partial charge on any atom is -0.321 e. The van der Waals surface area contributed by atoms with Gasteiger partial charge in [0.05, 0.1) is 0 Å². The Hall–Kier alpha value is -3.81. The predicted molar refractivity (Wildman–Crippen MR) is 126 cm³/mol. The van der Waals surface area contributed by atoms with Gasteiger partial charge in [0, 0.05) is 27.8 Å². The molecule has 0 bridgehead atoms. The first-order chi connectivity index (χ1) is 15.0. The standard InChI is InChI=1S/C26H20ClN3O/c1-17-12-21(18(2)30(17)25-9-5-8-23(27)15-25)13-22(16-28)26(31)29-24-11-10-19-6-3-4-7-20(19)14-24/h3-15H,1-2H3,(H,29,31)/b22-13-. The monoisotopic (exact) mass is 425 g/mol. The molecular weight excluding hydrogens is 406 g/mol. The Morgan fingerprint density at radius 2 is 1.77 bits per heavy atom. The number of aromatic nitrogens is 1. The van der Waals surface area contributed by atoms with Crippen LogP contribution in [0.2, 0.25) is 5.02 Å². The second-order valence-electron chi connectivity index (χ2n) is 7.33. The van der Waals surface area contributed by atoms with E-state index in [0.29, 0.717) is 10.7 Å². The molecule has 1 aromatic heterocycles. The maximum atomic E-state index is 12.8. The number of aryl methyl sites for hydroxylation is 1. The van der Waals surface area contributed by atoms with E-state index in [4.69, 9.17) is 11.6 Å². The van der Waals surface area contributed by atoms with Crippen molar-refractivity contribution in [2.45, 2.75) is 13.8 Å². The van der Waals surface area contributed by atoms with Gasteiger partial charge in [-0.05, 0) is 72.7 Å². The molecule has 1 N–H and O–H groups in total. The normalized spacial score (nSPS) is 11.4. The highest BCUT2D eigenvalue weighted by Gasteiger charge is 2.14. The lowest BCUT2D eigenvalue weighted by Gasteiger charge is -2.10. The maximum Gasteiger partial charge on any atom is 0.266 e. The maximum absolute atomic E-state index is 12.8. The number of amides is 1. The summed E-state index contributed by atoms with van der Waals surface area (Å²) in [5, 5.41) is 15.2. The van der Waals surface area contributed by atoms with Gasteiger partial charge < -0.3 is 9.88 Å². The van der Waals surface area contributed by atoms with Gasteiger partial charge in [-0.15, -0.1) is 0 Å². The van der Waals surface area contributed by atoms with Crippen LogP contribution in [0, 0.1) is 25.2 Å². The first-order valence-electron chi connectivity index (χ1n) is 9.83. The zero-order chi connectivity index (χ0) is 22.0. The number of rotatable bonds is 4. The Morgan fingerprint density at radius 1 is 1.00 bits per heavy atom. The van der Waals surface area contributed by atoms with Crippen LogP contribution in [-0.4, -0.2) is 10.5 Å². The fourth-order valence-electron chi connectivity index (χ4n) is 3.72. The third kappa shape index (κ3) is 4.23. The van der Waals surface area contributed by atoms with E-state index in [-0.39, 0.29) is 5.57 Å². The summed E-state index contributed by atoms with van der Waals surface area (Å²) in [6, 6.07) is 25.1. The lowest BCUT2D eigenvalue weighted by molar-refractivity contribution is -0.112. The third-order valence-corrected chi connectivity index (χ3v) is 5.44. The molecule has 152 valence electrons. The van der Waals surface area contributed by atoms with Crippen molar-refractivity contribution in [3.05, 3.63) is 100 Å². The summed E-state index contributed by atoms with van der Waals surface area (Å²) in [4.78, 5) is 12.8. The number of carbonyl (C=O) groups excluding carboxylic acids is 1. The summed E-state index contributed by atoms with van der Waals surface area (Å²) >= 11 is 6.15. The number of nitrogens with zero attached hydrogens (tertiary/aromatic N) is 2. The molecule has 4 rings (SSSR count). The van der Waals surface area contributed by atoms with Gasteiger partial charge in [0.1, 0.15) is 11.6 Å². The molecule has 3 aromatic carbocycles. The number of nitriles is 1. The van der Waals surface area contributed by atoms with Crippen molar-refractivity contribution in [1.82, 2.24) is 4.57 Å². The molecule has 0 aliphatic heterocycles. The largest absolute Gasteiger partial charge is 0.321 e. The topological polar surface area (TPSA) is 57.8 Å². The molecule has 0 radical (unpaired) electrons. The van der Waals surface area contributed by atoms with Crippen LogP contribution in [0.5, 0.6) is 0 Å². The average Bonchev–Trinajstić information content (AvgIpc) is 3.04. The number of hydrogen-bond acceptors (Lipinski definition) is 2. The number of benzene rings is 3. The molecule has 0 fully saturated rings. The number of fused-ring (bicyclic) bond motifs is 1. The molecule has 0 spiro atoms. The third-order valence-electron chi connectivity index (χ3n) is 5.21. The Bertz CT molecular complexity index is 1380. The molecule has 5 heteroatoms. The second-order valence-corrected chi connectivity index (χ2v) is 7.76. The number of anilines is 1. The van der Waals surface area contributed by atoms with E-state index in [1.165, 1.54) is 0 Å². The van der Waals surface area contributed by atoms with Gasteiger partial charge in [-0.1, -0.05) is 48.0 Å². The summed E-state index contributed by atoms with van der Waals surface area (Å²) in [6.07, 6.45) is 1.62. The van der Waals surface area contributed by atoms with Crippen molar-refractivity contribution in [1.29, 1.82) is 5.26 Å². The minimum atomic E-state index is -0.440. The van der Waals surface area contributed by atoms with E-state index >= 15 is 0 Å². The predicted octanol–water partition coefficient (Wildman–Crippen LogP) is 6.45. The molecule has 1 heterocycles. The molecule has 0 aliphatic rings. The van der Waals surface area contributed by atoms with Crippen LogP contribution in [0.15, 0.2) is 78.4 Å². The quantitative estimate of drug-likeness (QED) is 0.302. The van der Waals surface area contributed by atoms with E-state index in [2.05, 4.69) is 5.32 Å². The fourth-order valence-corrected chi connectivity index (χ4v) is 3.90. The van der Waals surface area contributed by atoms with Gasteiger partial charge >= 0.3 is 0 Å². The molecule has 4 aromatic rings. The Kier molecular flexibility index (Phi) is 5.62. The van der Waals surface area contributed by atoms with Crippen molar-refractivity contribution >= 4 is 40.0 Å². The molecule has 0 atom stereocenters. The molecule has 31 heavy (non-hydrogen) atoms. The van der Waals surface area contributed by atoms with Crippen molar-refractivity contribution in [2.24, 2.45) is 0 Å². The van der Waals surface area contributed by atoms with E-state index in [9.17, 15) is 10.1 Å². The molecule has 0 saturated heterocycles. The highest BCUT2D eigenvalue weighted by molar-refractivity contribution is 6.30. The van der Waals surface area contributed by atoms with Gasteiger partial charge in [-0.2, -0.15) is 5.26 Å². The SMILES string of the molecule is Cc1cc(/C=C(/C#N)C(=O)Nc2ccc3ccccc3c2)c(C)n1-c1cccc(Cl)c1. The summed E-state index contributed by atoms with van der Waals surface area (Å²) in [6.45, 7) is 3.93. The van der Waals surface area contributed by atoms with Gasteiger partial charge in [0.25, 0.3) is 5.91 Å². The van der Waals surface area contributed by atoms with Crippen LogP contribution < -0.4 is 5.32 Å². The Morgan fingerprint density at radius 3 is 2.52 bits per heavy atom. The zero-order valence-electron chi connectivity index (χ0n) is 17.2. The summed E-state index contributed by atoms with van der Waals surface area (Å²) in [5.41, 5.74) is 4.34. The highest BCUT2D eigenvalue weighted by Crippen LogP contribution is 2.25. The average molecular weight is 426 g/mol. The summed E-state index contributed by atoms with van der Waals surface area (Å²) < 4.78 is 2.05. The molecule has 0 unspecified atom stereocenters. The van der Waals surface area contributed by atoms with E-state index in [0.717, 1.165) is 33.4 Å². The molecule has 4 nitrogen and oxygen atoms in total. The molecule has 0 aliphatic carbocycles. The van der Waals surface area contributed by atoms with Crippen LogP contribution in [0.3, 0.4) is 0 Å². The fraction of sp³-hybridized carbons (Fsp3) is 0.0769. The first-order valence-corrected chi connectivity index (χ1v) is 10.2. The van der Waals surface area contributed by atoms with Crippen molar-refractivity contribution in [2.75, 3.05) is 5.32 Å². The van der Waals surface area contributed by atoms with Crippen LogP contribution in [0.4, 0.5) is 5.69 Å². The second kappa shape index (κ2) is 8.51. The minimum absolute atomic E-state index is 0.0412. The zero-order valence-corrected chi connectivity index (χ0v) is 17.9. The van der Waals surface area contributed by atoms with E-state index in [1.54, 1.807) is 6.08 Å². The van der Waals surface area contributed by atoms with Crippen molar-refractivity contribution in [3.63, 3.8) is 0 Å². The Labute approximate surface area is 186 Å². The number of halogens is 1. The van der Waals surface area contributed by atoms with Crippen LogP contribution in [-0.2, 0) is 4.79 Å². The van der Waals surface area contributed by atoms with Crippen molar-refractivity contribution < 1.29 is 4.79 Å². The van der Waals surface area contributed by atoms with Gasteiger partial charge in [0.2, 0.25) is 0 Å². The van der Waals surface area contributed by atoms with E-state index < -0.39 is 5.91 Å². The number of hydrogen-bond donors (Lipinski definition) is 1. The highest BCUT2D eigenvalue weighted by atomic mass is 35.5. The molecule has 1 amide bonds. The lowest BCUT2D eigenvalue weighted by atomic mass is 10.1. The number of carbonyl (C=O) groups is 1. The van der Waals surface area contributed by atoms with Crippen molar-refractivity contribution in [3.8, 4) is 11.8 Å². The van der Waals surface area contributed by atoms with Crippen LogP contribution in [0.1, 0.15) is 17.0 Å². The van der Waals surface area contributed by atoms with E-state index in [1.807, 2.05) is 97.3 Å². The summed E-state index contributed by atoms with van der Waals surface area (Å²) in [7, 11) is 0. The lowest BCUT2D eigenvalue weighted by Crippen LogP contribution is -2.13.